The summed E-state index contributed by atoms with van der Waals surface area (Å²) < 4.78 is 0. The summed E-state index contributed by atoms with van der Waals surface area (Å²) in [5, 5.41) is 10.7. The molecule has 0 aliphatic heterocycles. The van der Waals surface area contributed by atoms with Gasteiger partial charge in [-0.1, -0.05) is 11.6 Å². The van der Waals surface area contributed by atoms with Crippen molar-refractivity contribution in [2.24, 2.45) is 0 Å². The summed E-state index contributed by atoms with van der Waals surface area (Å²) >= 11 is 5.65. The van der Waals surface area contributed by atoms with Gasteiger partial charge < -0.3 is 0 Å². The maximum Gasteiger partial charge on any atom is 0.273 e. The van der Waals surface area contributed by atoms with Crippen molar-refractivity contribution in [1.82, 2.24) is 0 Å². The third-order valence-corrected chi connectivity index (χ3v) is 1.97. The third kappa shape index (κ3) is 1.84. The van der Waals surface area contributed by atoms with Crippen LogP contribution in [0.15, 0.2) is 12.1 Å². The second-order valence-corrected chi connectivity index (χ2v) is 2.94. The monoisotopic (exact) mass is 199 g/mol. The van der Waals surface area contributed by atoms with Crippen LogP contribution in [0.5, 0.6) is 0 Å². The van der Waals surface area contributed by atoms with Crippen molar-refractivity contribution < 1.29 is 9.72 Å². The van der Waals surface area contributed by atoms with Crippen LogP contribution in [0.1, 0.15) is 15.9 Å². The third-order valence-electron chi connectivity index (χ3n) is 1.64. The second-order valence-electron chi connectivity index (χ2n) is 2.54. The summed E-state index contributed by atoms with van der Waals surface area (Å²) in [5.74, 6) is 0. The molecule has 1 aromatic carbocycles. The first-order chi connectivity index (χ1) is 6.06. The van der Waals surface area contributed by atoms with Gasteiger partial charge in [0.05, 0.1) is 9.95 Å². The van der Waals surface area contributed by atoms with Crippen LogP contribution < -0.4 is 0 Å². The average Bonchev–Trinajstić information content (AvgIpc) is 2.03. The molecule has 0 bridgehead atoms. The zero-order valence-corrected chi connectivity index (χ0v) is 7.54. The van der Waals surface area contributed by atoms with E-state index in [-0.39, 0.29) is 16.3 Å². The Labute approximate surface area is 79.3 Å². The summed E-state index contributed by atoms with van der Waals surface area (Å²) in [6, 6.07) is 2.58. The Morgan fingerprint density at radius 3 is 2.62 bits per heavy atom. The van der Waals surface area contributed by atoms with Crippen molar-refractivity contribution in [3.8, 4) is 0 Å². The number of benzene rings is 1. The lowest BCUT2D eigenvalue weighted by Gasteiger charge is -1.99. The van der Waals surface area contributed by atoms with E-state index in [1.54, 1.807) is 6.92 Å². The molecule has 0 atom stereocenters. The van der Waals surface area contributed by atoms with Crippen molar-refractivity contribution >= 4 is 23.6 Å². The number of rotatable bonds is 2. The van der Waals surface area contributed by atoms with E-state index in [4.69, 9.17) is 11.6 Å². The standard InChI is InChI=1S/C8H6ClNO3/c1-5-2-7(9)6(4-11)3-8(5)10(12)13/h2-4H,1H3. The molecule has 68 valence electrons. The van der Waals surface area contributed by atoms with Crippen molar-refractivity contribution in [3.63, 3.8) is 0 Å². The van der Waals surface area contributed by atoms with Gasteiger partial charge in [-0.15, -0.1) is 0 Å². The minimum atomic E-state index is -0.543. The number of carbonyl (C=O) groups is 1. The Hall–Kier alpha value is -1.42. The van der Waals surface area contributed by atoms with E-state index in [1.165, 1.54) is 12.1 Å². The summed E-state index contributed by atoms with van der Waals surface area (Å²) in [4.78, 5) is 20.3. The van der Waals surface area contributed by atoms with Gasteiger partial charge in [0, 0.05) is 17.2 Å². The minimum absolute atomic E-state index is 0.0912. The lowest BCUT2D eigenvalue weighted by molar-refractivity contribution is -0.385. The highest BCUT2D eigenvalue weighted by molar-refractivity contribution is 6.33. The first-order valence-corrected chi connectivity index (χ1v) is 3.83. The topological polar surface area (TPSA) is 60.2 Å². The molecule has 0 aliphatic carbocycles. The normalized spacial score (nSPS) is 9.69. The molecule has 0 saturated carbocycles. The highest BCUT2D eigenvalue weighted by atomic mass is 35.5. The van der Waals surface area contributed by atoms with Crippen LogP contribution in [0.3, 0.4) is 0 Å². The first-order valence-electron chi connectivity index (χ1n) is 3.46. The number of hydrogen-bond donors (Lipinski definition) is 0. The van der Waals surface area contributed by atoms with Crippen LogP contribution in [-0.4, -0.2) is 11.2 Å². The number of carbonyl (C=O) groups excluding carboxylic acids is 1. The predicted octanol–water partition coefficient (Wildman–Crippen LogP) is 2.37. The molecule has 0 amide bonds. The molecule has 1 aromatic rings. The summed E-state index contributed by atoms with van der Waals surface area (Å²) in [6.45, 7) is 1.57. The Bertz CT molecular complexity index is 376. The van der Waals surface area contributed by atoms with E-state index < -0.39 is 4.92 Å². The Morgan fingerprint density at radius 1 is 1.54 bits per heavy atom. The number of nitro benzene ring substituents is 1. The van der Waals surface area contributed by atoms with Crippen LogP contribution >= 0.6 is 11.6 Å². The smallest absolute Gasteiger partial charge is 0.273 e. The fourth-order valence-electron chi connectivity index (χ4n) is 0.964. The number of nitrogens with zero attached hydrogens (tertiary/aromatic N) is 1. The predicted molar refractivity (Wildman–Crippen MR) is 48.2 cm³/mol. The van der Waals surface area contributed by atoms with Gasteiger partial charge in [-0.25, -0.2) is 0 Å². The largest absolute Gasteiger partial charge is 0.298 e. The molecular formula is C8H6ClNO3. The van der Waals surface area contributed by atoms with Gasteiger partial charge in [0.1, 0.15) is 0 Å². The van der Waals surface area contributed by atoms with E-state index in [9.17, 15) is 14.9 Å². The summed E-state index contributed by atoms with van der Waals surface area (Å²) in [5.41, 5.74) is 0.492. The van der Waals surface area contributed by atoms with Crippen LogP contribution in [0, 0.1) is 17.0 Å². The molecule has 0 aromatic heterocycles. The molecule has 0 fully saturated rings. The van der Waals surface area contributed by atoms with Gasteiger partial charge in [-0.2, -0.15) is 0 Å². The van der Waals surface area contributed by atoms with E-state index in [2.05, 4.69) is 0 Å². The van der Waals surface area contributed by atoms with Crippen molar-refractivity contribution in [2.45, 2.75) is 6.92 Å². The van der Waals surface area contributed by atoms with Crippen molar-refractivity contribution in [1.29, 1.82) is 0 Å². The van der Waals surface area contributed by atoms with Crippen molar-refractivity contribution in [2.75, 3.05) is 0 Å². The highest BCUT2D eigenvalue weighted by Gasteiger charge is 2.13. The maximum atomic E-state index is 10.4. The molecule has 0 N–H and O–H groups in total. The zero-order chi connectivity index (χ0) is 10.0. The van der Waals surface area contributed by atoms with E-state index in [0.717, 1.165) is 0 Å². The Morgan fingerprint density at radius 2 is 2.15 bits per heavy atom. The summed E-state index contributed by atoms with van der Waals surface area (Å²) in [6.07, 6.45) is 0.495. The average molecular weight is 200 g/mol. The molecule has 0 heterocycles. The minimum Gasteiger partial charge on any atom is -0.298 e. The van der Waals surface area contributed by atoms with Gasteiger partial charge >= 0.3 is 0 Å². The molecule has 0 unspecified atom stereocenters. The fourth-order valence-corrected chi connectivity index (χ4v) is 1.23. The molecular weight excluding hydrogens is 194 g/mol. The first kappa shape index (κ1) is 9.67. The number of aldehydes is 1. The molecule has 5 heteroatoms. The molecule has 0 saturated heterocycles. The van der Waals surface area contributed by atoms with Crippen LogP contribution in [-0.2, 0) is 0 Å². The number of halogens is 1. The zero-order valence-electron chi connectivity index (χ0n) is 6.78. The quantitative estimate of drug-likeness (QED) is 0.417. The van der Waals surface area contributed by atoms with E-state index >= 15 is 0 Å². The molecule has 0 spiro atoms. The van der Waals surface area contributed by atoms with Crippen LogP contribution in [0.2, 0.25) is 5.02 Å². The van der Waals surface area contributed by atoms with E-state index in [1.807, 2.05) is 0 Å². The Kier molecular flexibility index (Phi) is 2.63. The fraction of sp³-hybridized carbons (Fsp3) is 0.125. The molecule has 13 heavy (non-hydrogen) atoms. The molecule has 0 aliphatic rings. The lowest BCUT2D eigenvalue weighted by Crippen LogP contribution is -1.94. The van der Waals surface area contributed by atoms with E-state index in [0.29, 0.717) is 11.8 Å². The number of hydrogen-bond acceptors (Lipinski definition) is 3. The highest BCUT2D eigenvalue weighted by Crippen LogP contribution is 2.24. The maximum absolute atomic E-state index is 10.4. The summed E-state index contributed by atoms with van der Waals surface area (Å²) in [7, 11) is 0. The van der Waals surface area contributed by atoms with Gasteiger partial charge in [-0.05, 0) is 13.0 Å². The number of aryl methyl sites for hydroxylation is 1. The van der Waals surface area contributed by atoms with Gasteiger partial charge in [-0.3, -0.25) is 14.9 Å². The van der Waals surface area contributed by atoms with Gasteiger partial charge in [0.15, 0.2) is 6.29 Å². The van der Waals surface area contributed by atoms with Gasteiger partial charge in [0.25, 0.3) is 5.69 Å². The van der Waals surface area contributed by atoms with Crippen molar-refractivity contribution in [3.05, 3.63) is 38.4 Å². The second kappa shape index (κ2) is 3.53. The molecule has 1 rings (SSSR count). The lowest BCUT2D eigenvalue weighted by atomic mass is 10.1. The van der Waals surface area contributed by atoms with Gasteiger partial charge in [0.2, 0.25) is 0 Å². The number of nitro groups is 1. The molecule has 0 radical (unpaired) electrons. The molecule has 4 nitrogen and oxygen atoms in total. The van der Waals surface area contributed by atoms with Crippen LogP contribution in [0.4, 0.5) is 5.69 Å². The Balaban J connectivity index is 3.38. The van der Waals surface area contributed by atoms with Crippen LogP contribution in [0.25, 0.3) is 0 Å². The SMILES string of the molecule is Cc1cc(Cl)c(C=O)cc1[N+](=O)[O-].